The molecule has 2 aliphatic heterocycles. The molecule has 1 fully saturated rings. The van der Waals surface area contributed by atoms with E-state index in [0.29, 0.717) is 37.2 Å². The summed E-state index contributed by atoms with van der Waals surface area (Å²) in [7, 11) is 0. The van der Waals surface area contributed by atoms with E-state index in [4.69, 9.17) is 4.74 Å². The van der Waals surface area contributed by atoms with Crippen molar-refractivity contribution in [2.45, 2.75) is 91.6 Å². The first-order valence-electron chi connectivity index (χ1n) is 10.9. The van der Waals surface area contributed by atoms with Gasteiger partial charge in [-0.25, -0.2) is 0 Å². The lowest BCUT2D eigenvalue weighted by molar-refractivity contribution is -0.133. The molecular weight excluding hydrogens is 338 g/mol. The molecule has 154 valence electrons. The van der Waals surface area contributed by atoms with Gasteiger partial charge in [0.2, 0.25) is 5.91 Å². The predicted molar refractivity (Wildman–Crippen MR) is 110 cm³/mol. The highest BCUT2D eigenvalue weighted by atomic mass is 16.6. The van der Waals surface area contributed by atoms with Crippen LogP contribution in [0.1, 0.15) is 85.5 Å². The van der Waals surface area contributed by atoms with Crippen LogP contribution in [0, 0.1) is 17.3 Å². The molecule has 4 nitrogen and oxygen atoms in total. The van der Waals surface area contributed by atoms with Gasteiger partial charge in [-0.1, -0.05) is 38.8 Å². The number of allylic oxidation sites excluding steroid dienone is 1. The topological polar surface area (TPSA) is 58.7 Å². The maximum Gasteiger partial charge on any atom is 0.220 e. The maximum atomic E-state index is 13.3. The van der Waals surface area contributed by atoms with Crippen LogP contribution in [0.3, 0.4) is 0 Å². The number of ketones is 1. The summed E-state index contributed by atoms with van der Waals surface area (Å²) >= 11 is 0. The Kier molecular flexibility index (Phi) is 8.53. The molecule has 3 unspecified atom stereocenters. The lowest BCUT2D eigenvalue weighted by Gasteiger charge is -2.30. The third-order valence-corrected chi connectivity index (χ3v) is 6.17. The molecule has 1 saturated heterocycles. The first-order chi connectivity index (χ1) is 12.8. The van der Waals surface area contributed by atoms with Crippen LogP contribution in [0.15, 0.2) is 11.6 Å². The lowest BCUT2D eigenvalue weighted by Crippen LogP contribution is -2.34. The van der Waals surface area contributed by atoms with Crippen molar-refractivity contribution in [3.63, 3.8) is 0 Å². The first kappa shape index (κ1) is 22.1. The second-order valence-electron chi connectivity index (χ2n) is 9.40. The quantitative estimate of drug-likeness (QED) is 0.566. The van der Waals surface area contributed by atoms with Gasteiger partial charge in [0.15, 0.2) is 0 Å². The number of carbonyl (C=O) groups excluding carboxylic acids is 2. The van der Waals surface area contributed by atoms with Gasteiger partial charge in [-0.05, 0) is 57.8 Å². The summed E-state index contributed by atoms with van der Waals surface area (Å²) in [5.41, 5.74) is 0.961. The Morgan fingerprint density at radius 2 is 1.96 bits per heavy atom. The second-order valence-corrected chi connectivity index (χ2v) is 9.40. The summed E-state index contributed by atoms with van der Waals surface area (Å²) in [5, 5.41) is 2.99. The van der Waals surface area contributed by atoms with Gasteiger partial charge in [0, 0.05) is 24.3 Å². The first-order valence-corrected chi connectivity index (χ1v) is 10.9. The third kappa shape index (κ3) is 8.16. The van der Waals surface area contributed by atoms with Crippen molar-refractivity contribution >= 4 is 11.7 Å². The highest BCUT2D eigenvalue weighted by Gasteiger charge is 2.35. The van der Waals surface area contributed by atoms with Crippen molar-refractivity contribution in [1.29, 1.82) is 0 Å². The molecule has 0 bridgehead atoms. The van der Waals surface area contributed by atoms with Gasteiger partial charge in [-0.3, -0.25) is 9.59 Å². The highest BCUT2D eigenvalue weighted by Crippen LogP contribution is 2.34. The summed E-state index contributed by atoms with van der Waals surface area (Å²) in [4.78, 5) is 25.5. The SMILES string of the molecule is CC1=CCCNC(=O)CCC(C)(C)C(=O)C(CCC2CO2)CC(C)CCC1. The number of Topliss-reactive ketones (excluding diaryl/α,β-unsaturated/α-hetero) is 1. The Morgan fingerprint density at radius 1 is 1.22 bits per heavy atom. The fraction of sp³-hybridized carbons (Fsp3) is 0.826. The monoisotopic (exact) mass is 377 g/mol. The lowest BCUT2D eigenvalue weighted by atomic mass is 9.73. The number of ether oxygens (including phenoxy) is 1. The average Bonchev–Trinajstić information content (AvgIpc) is 3.43. The van der Waals surface area contributed by atoms with Crippen molar-refractivity contribution in [2.24, 2.45) is 17.3 Å². The molecule has 2 heterocycles. The zero-order valence-corrected chi connectivity index (χ0v) is 17.8. The Labute approximate surface area is 165 Å². The predicted octanol–water partition coefficient (Wildman–Crippen LogP) is 4.82. The van der Waals surface area contributed by atoms with Gasteiger partial charge >= 0.3 is 0 Å². The normalized spacial score (nSPS) is 31.1. The van der Waals surface area contributed by atoms with Gasteiger partial charge in [-0.2, -0.15) is 0 Å². The molecule has 3 atom stereocenters. The summed E-state index contributed by atoms with van der Waals surface area (Å²) in [5.74, 6) is 1.04. The third-order valence-electron chi connectivity index (χ3n) is 6.17. The van der Waals surface area contributed by atoms with E-state index < -0.39 is 5.41 Å². The van der Waals surface area contributed by atoms with Crippen molar-refractivity contribution in [1.82, 2.24) is 5.32 Å². The zero-order valence-electron chi connectivity index (χ0n) is 17.8. The number of amides is 1. The largest absolute Gasteiger partial charge is 0.373 e. The Morgan fingerprint density at radius 3 is 2.67 bits per heavy atom. The molecule has 2 aliphatic rings. The summed E-state index contributed by atoms with van der Waals surface area (Å²) in [6.07, 6.45) is 10.9. The highest BCUT2D eigenvalue weighted by molar-refractivity contribution is 5.87. The number of hydrogen-bond acceptors (Lipinski definition) is 3. The van der Waals surface area contributed by atoms with Crippen molar-refractivity contribution in [3.05, 3.63) is 11.6 Å². The number of nitrogens with one attached hydrogen (secondary N) is 1. The van der Waals surface area contributed by atoms with Crippen LogP contribution in [0.4, 0.5) is 0 Å². The van der Waals surface area contributed by atoms with Crippen LogP contribution >= 0.6 is 0 Å². The van der Waals surface area contributed by atoms with E-state index in [1.807, 2.05) is 13.8 Å². The Balaban J connectivity index is 2.06. The van der Waals surface area contributed by atoms with Gasteiger partial charge in [0.05, 0.1) is 12.7 Å². The average molecular weight is 378 g/mol. The standard InChI is InChI=1S/C23H39NO3/c1-17-7-5-8-18(2)15-19(10-11-20-16-27-20)22(26)23(3,4)13-12-21(25)24-14-6-9-17/h9,18-20H,5-8,10-16H2,1-4H3,(H,24,25). The van der Waals surface area contributed by atoms with E-state index in [0.717, 1.165) is 38.7 Å². The minimum atomic E-state index is -0.445. The summed E-state index contributed by atoms with van der Waals surface area (Å²) in [6.45, 7) is 10.0. The van der Waals surface area contributed by atoms with Crippen molar-refractivity contribution in [3.8, 4) is 0 Å². The van der Waals surface area contributed by atoms with Gasteiger partial charge < -0.3 is 10.1 Å². The molecule has 0 aromatic heterocycles. The molecule has 27 heavy (non-hydrogen) atoms. The van der Waals surface area contributed by atoms with E-state index in [-0.39, 0.29) is 11.8 Å². The van der Waals surface area contributed by atoms with E-state index in [9.17, 15) is 9.59 Å². The molecule has 0 aliphatic carbocycles. The molecular formula is C23H39NO3. The van der Waals surface area contributed by atoms with Gasteiger partial charge in [0.1, 0.15) is 5.78 Å². The molecule has 1 amide bonds. The minimum Gasteiger partial charge on any atom is -0.373 e. The van der Waals surface area contributed by atoms with Crippen LogP contribution in [0.2, 0.25) is 0 Å². The van der Waals surface area contributed by atoms with E-state index in [1.54, 1.807) is 0 Å². The molecule has 0 radical (unpaired) electrons. The smallest absolute Gasteiger partial charge is 0.220 e. The summed E-state index contributed by atoms with van der Waals surface area (Å²) < 4.78 is 5.36. The van der Waals surface area contributed by atoms with Crippen molar-refractivity contribution in [2.75, 3.05) is 13.2 Å². The van der Waals surface area contributed by atoms with Crippen molar-refractivity contribution < 1.29 is 14.3 Å². The number of rotatable bonds is 3. The Bertz CT molecular complexity index is 534. The number of epoxide rings is 1. The van der Waals surface area contributed by atoms with Crippen LogP contribution in [-0.4, -0.2) is 30.9 Å². The molecule has 0 aromatic carbocycles. The molecule has 4 heteroatoms. The second kappa shape index (κ2) is 10.4. The maximum absolute atomic E-state index is 13.3. The molecule has 2 rings (SSSR count). The zero-order chi connectivity index (χ0) is 19.9. The minimum absolute atomic E-state index is 0.0605. The van der Waals surface area contributed by atoms with E-state index in [2.05, 4.69) is 25.2 Å². The van der Waals surface area contributed by atoms with Gasteiger partial charge in [0.25, 0.3) is 0 Å². The Hall–Kier alpha value is -1.16. The number of hydrogen-bond donors (Lipinski definition) is 1. The summed E-state index contributed by atoms with van der Waals surface area (Å²) in [6, 6.07) is 0. The van der Waals surface area contributed by atoms with Crippen LogP contribution in [-0.2, 0) is 14.3 Å². The molecule has 0 spiro atoms. The van der Waals surface area contributed by atoms with E-state index in [1.165, 1.54) is 18.4 Å². The number of carbonyl (C=O) groups is 2. The van der Waals surface area contributed by atoms with Crippen LogP contribution in [0.5, 0.6) is 0 Å². The van der Waals surface area contributed by atoms with Crippen LogP contribution in [0.25, 0.3) is 0 Å². The fourth-order valence-electron chi connectivity index (χ4n) is 4.13. The molecule has 0 aromatic rings. The van der Waals surface area contributed by atoms with Gasteiger partial charge in [-0.15, -0.1) is 0 Å². The van der Waals surface area contributed by atoms with Crippen LogP contribution < -0.4 is 5.32 Å². The fourth-order valence-corrected chi connectivity index (χ4v) is 4.13. The molecule has 0 saturated carbocycles. The molecule has 1 N–H and O–H groups in total. The van der Waals surface area contributed by atoms with E-state index >= 15 is 0 Å².